The van der Waals surface area contributed by atoms with Crippen LogP contribution >= 0.6 is 23.2 Å². The summed E-state index contributed by atoms with van der Waals surface area (Å²) >= 11 is 12.3. The predicted molar refractivity (Wildman–Crippen MR) is 147 cm³/mol. The van der Waals surface area contributed by atoms with Crippen molar-refractivity contribution in [1.29, 1.82) is 0 Å². The number of ether oxygens (including phenoxy) is 1. The van der Waals surface area contributed by atoms with Crippen molar-refractivity contribution in [2.75, 3.05) is 23.2 Å². The molecule has 0 amide bonds. The van der Waals surface area contributed by atoms with Gasteiger partial charge in [-0.2, -0.15) is 0 Å². The van der Waals surface area contributed by atoms with Crippen molar-refractivity contribution >= 4 is 61.6 Å². The normalized spacial score (nSPS) is 16.2. The van der Waals surface area contributed by atoms with Crippen molar-refractivity contribution in [1.82, 2.24) is 14.8 Å². The zero-order valence-electron chi connectivity index (χ0n) is 20.8. The zero-order chi connectivity index (χ0) is 27.0. The van der Waals surface area contributed by atoms with E-state index in [2.05, 4.69) is 15.5 Å². The van der Waals surface area contributed by atoms with Crippen molar-refractivity contribution in [3.8, 4) is 5.82 Å². The Morgan fingerprint density at radius 2 is 1.95 bits per heavy atom. The number of esters is 1. The van der Waals surface area contributed by atoms with Crippen molar-refractivity contribution in [3.63, 3.8) is 0 Å². The van der Waals surface area contributed by atoms with Gasteiger partial charge in [-0.3, -0.25) is 13.7 Å². The minimum atomic E-state index is -4.11. The van der Waals surface area contributed by atoms with Gasteiger partial charge in [0, 0.05) is 35.1 Å². The standard InChI is InChI=1S/C25H27Cl2N5O4S/c1-25(2,3)36-24(33)15-32(37(34,35)20-13-17(26)12-18(27)14-20)19-5-6-21-16(11-19)9-10-31(21)23-8-7-22(28-4)29-30-23/h5-13,20H,14-15H2,1-4H3,(H,28,29). The summed E-state index contributed by atoms with van der Waals surface area (Å²) in [7, 11) is -2.35. The number of fused-ring (bicyclic) bond motifs is 1. The van der Waals surface area contributed by atoms with Gasteiger partial charge in [0.25, 0.3) is 0 Å². The van der Waals surface area contributed by atoms with E-state index in [0.717, 1.165) is 15.2 Å². The number of anilines is 2. The van der Waals surface area contributed by atoms with Crippen LogP contribution in [0.25, 0.3) is 16.7 Å². The molecule has 4 rings (SSSR count). The summed E-state index contributed by atoms with van der Waals surface area (Å²) in [6.45, 7) is 4.66. The first-order valence-corrected chi connectivity index (χ1v) is 13.7. The summed E-state index contributed by atoms with van der Waals surface area (Å²) in [4.78, 5) is 12.8. The fourth-order valence-electron chi connectivity index (χ4n) is 3.93. The van der Waals surface area contributed by atoms with Gasteiger partial charge in [0.2, 0.25) is 10.0 Å². The van der Waals surface area contributed by atoms with Crippen LogP contribution in [-0.4, -0.2) is 53.6 Å². The largest absolute Gasteiger partial charge is 0.459 e. The lowest BCUT2D eigenvalue weighted by molar-refractivity contribution is -0.152. The first kappa shape index (κ1) is 27.0. The Morgan fingerprint density at radius 1 is 1.19 bits per heavy atom. The van der Waals surface area contributed by atoms with E-state index < -0.39 is 33.4 Å². The first-order chi connectivity index (χ1) is 17.4. The molecule has 12 heteroatoms. The van der Waals surface area contributed by atoms with Crippen LogP contribution < -0.4 is 9.62 Å². The molecule has 37 heavy (non-hydrogen) atoms. The van der Waals surface area contributed by atoms with Crippen LogP contribution in [0.5, 0.6) is 0 Å². The molecule has 196 valence electrons. The molecule has 9 nitrogen and oxygen atoms in total. The minimum Gasteiger partial charge on any atom is -0.459 e. The summed E-state index contributed by atoms with van der Waals surface area (Å²) in [5.74, 6) is 0.557. The lowest BCUT2D eigenvalue weighted by atomic mass is 10.2. The molecule has 3 aromatic rings. The Kier molecular flexibility index (Phi) is 7.55. The second-order valence-electron chi connectivity index (χ2n) is 9.48. The van der Waals surface area contributed by atoms with Crippen molar-refractivity contribution in [2.24, 2.45) is 0 Å². The number of rotatable bonds is 7. The summed E-state index contributed by atoms with van der Waals surface area (Å²) < 4.78 is 35.9. The number of hydrogen-bond donors (Lipinski definition) is 1. The van der Waals surface area contributed by atoms with Gasteiger partial charge in [-0.25, -0.2) is 8.42 Å². The van der Waals surface area contributed by atoms with Crippen LogP contribution in [0.3, 0.4) is 0 Å². The van der Waals surface area contributed by atoms with E-state index >= 15 is 0 Å². The fourth-order valence-corrected chi connectivity index (χ4v) is 6.45. The Morgan fingerprint density at radius 3 is 2.57 bits per heavy atom. The Balaban J connectivity index is 1.74. The first-order valence-electron chi connectivity index (χ1n) is 11.5. The predicted octanol–water partition coefficient (Wildman–Crippen LogP) is 4.96. The molecule has 0 saturated carbocycles. The lowest BCUT2D eigenvalue weighted by Crippen LogP contribution is -2.43. The van der Waals surface area contributed by atoms with Gasteiger partial charge in [-0.15, -0.1) is 10.2 Å². The number of hydrogen-bond acceptors (Lipinski definition) is 7. The smallest absolute Gasteiger partial charge is 0.327 e. The Hall–Kier alpha value is -3.08. The molecular weight excluding hydrogens is 537 g/mol. The van der Waals surface area contributed by atoms with E-state index in [-0.39, 0.29) is 11.5 Å². The average Bonchev–Trinajstić information content (AvgIpc) is 3.24. The topological polar surface area (TPSA) is 106 Å². The van der Waals surface area contributed by atoms with E-state index in [1.807, 2.05) is 22.9 Å². The SMILES string of the molecule is CNc1ccc(-n2ccc3cc(N(CC(=O)OC(C)(C)C)S(=O)(=O)C4C=C(Cl)C=C(Cl)C4)ccc32)nn1. The molecule has 0 fully saturated rings. The molecule has 0 saturated heterocycles. The monoisotopic (exact) mass is 563 g/mol. The molecule has 2 heterocycles. The average molecular weight is 564 g/mol. The van der Waals surface area contributed by atoms with Crippen LogP contribution in [-0.2, 0) is 19.6 Å². The van der Waals surface area contributed by atoms with Gasteiger partial charge in [-0.1, -0.05) is 23.2 Å². The molecule has 0 spiro atoms. The highest BCUT2D eigenvalue weighted by atomic mass is 35.5. The van der Waals surface area contributed by atoms with Gasteiger partial charge in [-0.05, 0) is 69.3 Å². The fraction of sp³-hybridized carbons (Fsp3) is 0.320. The third-order valence-electron chi connectivity index (χ3n) is 5.53. The van der Waals surface area contributed by atoms with E-state index in [1.165, 1.54) is 12.2 Å². The number of benzene rings is 1. The number of halogens is 2. The van der Waals surface area contributed by atoms with Crippen molar-refractivity contribution in [2.45, 2.75) is 38.0 Å². The van der Waals surface area contributed by atoms with Gasteiger partial charge in [0.05, 0.1) is 11.2 Å². The second kappa shape index (κ2) is 10.4. The number of nitrogens with zero attached hydrogens (tertiary/aromatic N) is 4. The zero-order valence-corrected chi connectivity index (χ0v) is 23.1. The number of carbonyl (C=O) groups excluding carboxylic acids is 1. The maximum absolute atomic E-state index is 13.8. The molecule has 1 aromatic carbocycles. The van der Waals surface area contributed by atoms with Crippen LogP contribution in [0.1, 0.15) is 27.2 Å². The number of carbonyl (C=O) groups is 1. The van der Waals surface area contributed by atoms with E-state index in [9.17, 15) is 13.2 Å². The number of sulfonamides is 1. The van der Waals surface area contributed by atoms with Gasteiger partial charge in [0.15, 0.2) is 5.82 Å². The lowest BCUT2D eigenvalue weighted by Gasteiger charge is -2.30. The summed E-state index contributed by atoms with van der Waals surface area (Å²) in [6, 6.07) is 10.6. The molecule has 1 atom stereocenters. The molecule has 1 aliphatic rings. The molecule has 1 unspecified atom stereocenters. The van der Waals surface area contributed by atoms with Gasteiger partial charge >= 0.3 is 5.97 Å². The van der Waals surface area contributed by atoms with E-state index in [4.69, 9.17) is 27.9 Å². The Bertz CT molecular complexity index is 1490. The third-order valence-corrected chi connectivity index (χ3v) is 8.05. The van der Waals surface area contributed by atoms with Crippen LogP contribution in [0.4, 0.5) is 11.5 Å². The van der Waals surface area contributed by atoms with E-state index in [0.29, 0.717) is 22.4 Å². The van der Waals surface area contributed by atoms with E-state index in [1.54, 1.807) is 52.1 Å². The minimum absolute atomic E-state index is 0.0465. The maximum Gasteiger partial charge on any atom is 0.327 e. The highest BCUT2D eigenvalue weighted by Crippen LogP contribution is 2.33. The molecule has 0 bridgehead atoms. The third kappa shape index (κ3) is 6.08. The van der Waals surface area contributed by atoms with Crippen molar-refractivity contribution in [3.05, 3.63) is 64.8 Å². The number of nitrogens with one attached hydrogen (secondary N) is 1. The summed E-state index contributed by atoms with van der Waals surface area (Å²) in [6.07, 6.45) is 4.80. The van der Waals surface area contributed by atoms with Gasteiger partial charge in [0.1, 0.15) is 23.2 Å². The molecule has 0 aliphatic heterocycles. The van der Waals surface area contributed by atoms with Crippen molar-refractivity contribution < 1.29 is 17.9 Å². The second-order valence-corrected chi connectivity index (χ2v) is 12.5. The molecule has 1 N–H and O–H groups in total. The molecular formula is C25H27Cl2N5O4S. The van der Waals surface area contributed by atoms with Crippen LogP contribution in [0.15, 0.2) is 64.8 Å². The van der Waals surface area contributed by atoms with Crippen LogP contribution in [0.2, 0.25) is 0 Å². The summed E-state index contributed by atoms with van der Waals surface area (Å²) in [5, 5.41) is 11.5. The quantitative estimate of drug-likeness (QED) is 0.405. The van der Waals surface area contributed by atoms with Gasteiger partial charge < -0.3 is 10.1 Å². The molecule has 0 radical (unpaired) electrons. The Labute approximate surface area is 225 Å². The van der Waals surface area contributed by atoms with Crippen LogP contribution in [0, 0.1) is 0 Å². The summed E-state index contributed by atoms with van der Waals surface area (Å²) in [5.41, 5.74) is 0.317. The maximum atomic E-state index is 13.8. The number of allylic oxidation sites excluding steroid dienone is 3. The molecule has 2 aromatic heterocycles. The molecule has 1 aliphatic carbocycles. The highest BCUT2D eigenvalue weighted by Gasteiger charge is 2.35. The highest BCUT2D eigenvalue weighted by molar-refractivity contribution is 7.93. The number of aromatic nitrogens is 3.